The Morgan fingerprint density at radius 3 is 3.00 bits per heavy atom. The molecule has 2 atom stereocenters. The van der Waals surface area contributed by atoms with Gasteiger partial charge in [0, 0.05) is 31.6 Å². The summed E-state index contributed by atoms with van der Waals surface area (Å²) >= 11 is 0. The maximum absolute atomic E-state index is 11.3. The molecule has 1 amide bonds. The van der Waals surface area contributed by atoms with Gasteiger partial charge >= 0.3 is 0 Å². The van der Waals surface area contributed by atoms with Gasteiger partial charge < -0.3 is 15.5 Å². The van der Waals surface area contributed by atoms with E-state index in [0.29, 0.717) is 18.5 Å². The summed E-state index contributed by atoms with van der Waals surface area (Å²) in [5, 5.41) is 6.42. The van der Waals surface area contributed by atoms with Crippen molar-refractivity contribution in [2.45, 2.75) is 38.3 Å². The Labute approximate surface area is 92.4 Å². The fourth-order valence-corrected chi connectivity index (χ4v) is 2.12. The second-order valence-electron chi connectivity index (χ2n) is 4.72. The Kier molecular flexibility index (Phi) is 5.05. The number of carbonyl (C=O) groups is 1. The lowest BCUT2D eigenvalue weighted by Gasteiger charge is -2.23. The van der Waals surface area contributed by atoms with Crippen LogP contribution in [0.15, 0.2) is 0 Å². The topological polar surface area (TPSA) is 44.4 Å². The lowest BCUT2D eigenvalue weighted by Crippen LogP contribution is -2.43. The molecule has 0 radical (unpaired) electrons. The summed E-state index contributed by atoms with van der Waals surface area (Å²) in [6.45, 7) is 4.01. The second kappa shape index (κ2) is 6.08. The summed E-state index contributed by atoms with van der Waals surface area (Å²) < 4.78 is 0. The molecule has 15 heavy (non-hydrogen) atoms. The van der Waals surface area contributed by atoms with E-state index < -0.39 is 0 Å². The van der Waals surface area contributed by atoms with E-state index in [1.165, 1.54) is 0 Å². The van der Waals surface area contributed by atoms with Gasteiger partial charge in [0.1, 0.15) is 0 Å². The average Bonchev–Trinajstić information content (AvgIpc) is 2.28. The minimum absolute atomic E-state index is 0.182. The van der Waals surface area contributed by atoms with Gasteiger partial charge in [0.05, 0.1) is 0 Å². The number of hydrogen-bond acceptors (Lipinski definition) is 3. The monoisotopic (exact) mass is 213 g/mol. The van der Waals surface area contributed by atoms with Gasteiger partial charge in [0.25, 0.3) is 0 Å². The van der Waals surface area contributed by atoms with E-state index in [4.69, 9.17) is 0 Å². The summed E-state index contributed by atoms with van der Waals surface area (Å²) in [6, 6.07) is 0.790. The third-order valence-corrected chi connectivity index (χ3v) is 2.64. The van der Waals surface area contributed by atoms with Crippen molar-refractivity contribution in [1.82, 2.24) is 15.5 Å². The molecule has 0 aliphatic carbocycles. The molecule has 0 bridgehead atoms. The van der Waals surface area contributed by atoms with E-state index in [1.54, 1.807) is 0 Å². The summed E-state index contributed by atoms with van der Waals surface area (Å²) in [6.07, 6.45) is 2.80. The third-order valence-electron chi connectivity index (χ3n) is 2.64. The summed E-state index contributed by atoms with van der Waals surface area (Å²) in [5.74, 6) is 0.182. The van der Waals surface area contributed by atoms with Crippen LogP contribution >= 0.6 is 0 Å². The van der Waals surface area contributed by atoms with Crippen LogP contribution in [0.1, 0.15) is 26.2 Å². The van der Waals surface area contributed by atoms with E-state index in [-0.39, 0.29) is 5.91 Å². The van der Waals surface area contributed by atoms with Gasteiger partial charge in [0.15, 0.2) is 0 Å². The highest BCUT2D eigenvalue weighted by Crippen LogP contribution is 2.07. The number of carbonyl (C=O) groups excluding carboxylic acids is 1. The molecule has 4 heteroatoms. The summed E-state index contributed by atoms with van der Waals surface area (Å²) in [5.41, 5.74) is 0. The van der Waals surface area contributed by atoms with Gasteiger partial charge in [-0.3, -0.25) is 4.79 Å². The first-order chi connectivity index (χ1) is 7.08. The molecule has 0 aromatic rings. The van der Waals surface area contributed by atoms with Crippen LogP contribution < -0.4 is 10.6 Å². The van der Waals surface area contributed by atoms with E-state index in [2.05, 4.69) is 36.6 Å². The van der Waals surface area contributed by atoms with Crippen LogP contribution in [0.5, 0.6) is 0 Å². The molecule has 1 aliphatic rings. The normalized spacial score (nSPS) is 24.8. The largest absolute Gasteiger partial charge is 0.356 e. The van der Waals surface area contributed by atoms with Gasteiger partial charge in [-0.15, -0.1) is 0 Å². The standard InChI is InChI=1S/C11H23N3O/c1-9(8-14(2)3)13-10-5-4-6-12-11(15)7-10/h9-10,13H,4-8H2,1-3H3,(H,12,15). The van der Waals surface area contributed by atoms with E-state index in [1.807, 2.05) is 0 Å². The molecule has 1 saturated heterocycles. The number of amides is 1. The van der Waals surface area contributed by atoms with Crippen LogP contribution in [0.4, 0.5) is 0 Å². The second-order valence-corrected chi connectivity index (χ2v) is 4.72. The number of nitrogens with one attached hydrogen (secondary N) is 2. The van der Waals surface area contributed by atoms with Gasteiger partial charge in [0.2, 0.25) is 5.91 Å². The molecule has 4 nitrogen and oxygen atoms in total. The number of likely N-dealkylation sites (N-methyl/N-ethyl adjacent to an activating group) is 1. The molecular formula is C11H23N3O. The molecule has 1 rings (SSSR count). The zero-order chi connectivity index (χ0) is 11.3. The highest BCUT2D eigenvalue weighted by Gasteiger charge is 2.18. The Bertz CT molecular complexity index is 206. The summed E-state index contributed by atoms with van der Waals surface area (Å²) in [7, 11) is 4.13. The zero-order valence-electron chi connectivity index (χ0n) is 10.0. The van der Waals surface area contributed by atoms with Gasteiger partial charge in [-0.1, -0.05) is 0 Å². The molecule has 1 fully saturated rings. The van der Waals surface area contributed by atoms with E-state index in [9.17, 15) is 4.79 Å². The van der Waals surface area contributed by atoms with Crippen LogP contribution in [0.3, 0.4) is 0 Å². The van der Waals surface area contributed by atoms with Crippen LogP contribution in [-0.4, -0.2) is 50.1 Å². The Balaban J connectivity index is 2.32. The van der Waals surface area contributed by atoms with Gasteiger partial charge in [-0.2, -0.15) is 0 Å². The van der Waals surface area contributed by atoms with Crippen molar-refractivity contribution in [1.29, 1.82) is 0 Å². The van der Waals surface area contributed by atoms with E-state index >= 15 is 0 Å². The van der Waals surface area contributed by atoms with Crippen molar-refractivity contribution < 1.29 is 4.79 Å². The van der Waals surface area contributed by atoms with Crippen molar-refractivity contribution in [3.8, 4) is 0 Å². The maximum atomic E-state index is 11.3. The molecule has 0 spiro atoms. The number of hydrogen-bond donors (Lipinski definition) is 2. The smallest absolute Gasteiger partial charge is 0.221 e. The Hall–Kier alpha value is -0.610. The quantitative estimate of drug-likeness (QED) is 0.701. The molecule has 0 saturated carbocycles. The number of rotatable bonds is 4. The Morgan fingerprint density at radius 1 is 1.60 bits per heavy atom. The fraction of sp³-hybridized carbons (Fsp3) is 0.909. The lowest BCUT2D eigenvalue weighted by molar-refractivity contribution is -0.121. The maximum Gasteiger partial charge on any atom is 0.221 e. The van der Waals surface area contributed by atoms with Crippen molar-refractivity contribution in [2.75, 3.05) is 27.2 Å². The van der Waals surface area contributed by atoms with Crippen LogP contribution in [0.25, 0.3) is 0 Å². The highest BCUT2D eigenvalue weighted by molar-refractivity contribution is 5.76. The van der Waals surface area contributed by atoms with Crippen LogP contribution in [0, 0.1) is 0 Å². The molecule has 0 aromatic heterocycles. The first kappa shape index (κ1) is 12.5. The van der Waals surface area contributed by atoms with Crippen molar-refractivity contribution in [2.24, 2.45) is 0 Å². The van der Waals surface area contributed by atoms with Crippen LogP contribution in [0.2, 0.25) is 0 Å². The third kappa shape index (κ3) is 5.14. The molecule has 2 unspecified atom stereocenters. The fourth-order valence-electron chi connectivity index (χ4n) is 2.12. The van der Waals surface area contributed by atoms with Gasteiger partial charge in [-0.05, 0) is 33.9 Å². The average molecular weight is 213 g/mol. The van der Waals surface area contributed by atoms with Crippen LogP contribution in [-0.2, 0) is 4.79 Å². The first-order valence-corrected chi connectivity index (χ1v) is 5.75. The molecular weight excluding hydrogens is 190 g/mol. The highest BCUT2D eigenvalue weighted by atomic mass is 16.1. The minimum atomic E-state index is 0.182. The molecule has 2 N–H and O–H groups in total. The molecule has 1 aliphatic heterocycles. The van der Waals surface area contributed by atoms with Gasteiger partial charge in [-0.25, -0.2) is 0 Å². The predicted octanol–water partition coefficient (Wildman–Crippen LogP) is 0.195. The SMILES string of the molecule is CC(CN(C)C)NC1CCCNC(=O)C1. The molecule has 88 valence electrons. The lowest BCUT2D eigenvalue weighted by atomic mass is 10.1. The molecule has 1 heterocycles. The predicted molar refractivity (Wildman–Crippen MR) is 61.8 cm³/mol. The zero-order valence-corrected chi connectivity index (χ0v) is 10.0. The van der Waals surface area contributed by atoms with Crippen molar-refractivity contribution in [3.05, 3.63) is 0 Å². The Morgan fingerprint density at radius 2 is 2.33 bits per heavy atom. The summed E-state index contributed by atoms with van der Waals surface area (Å²) in [4.78, 5) is 13.5. The van der Waals surface area contributed by atoms with E-state index in [0.717, 1.165) is 25.9 Å². The first-order valence-electron chi connectivity index (χ1n) is 5.75. The molecule has 0 aromatic carbocycles. The minimum Gasteiger partial charge on any atom is -0.356 e. The van der Waals surface area contributed by atoms with Crippen molar-refractivity contribution >= 4 is 5.91 Å². The van der Waals surface area contributed by atoms with Crippen molar-refractivity contribution in [3.63, 3.8) is 0 Å². The number of nitrogens with zero attached hydrogens (tertiary/aromatic N) is 1.